The number of hydrogen-bond acceptors (Lipinski definition) is 5. The summed E-state index contributed by atoms with van der Waals surface area (Å²) in [5.41, 5.74) is 0. The lowest BCUT2D eigenvalue weighted by atomic mass is 9.85. The maximum Gasteiger partial charge on any atom is 0.262 e. The molecule has 0 radical (unpaired) electrons. The van der Waals surface area contributed by atoms with E-state index in [0.29, 0.717) is 29.8 Å². The lowest BCUT2D eigenvalue weighted by Crippen LogP contribution is -2.37. The smallest absolute Gasteiger partial charge is 0.262 e. The first-order valence-corrected chi connectivity index (χ1v) is 9.53. The molecule has 3 rings (SSSR count). The van der Waals surface area contributed by atoms with Crippen molar-refractivity contribution < 1.29 is 8.42 Å². The average molecular weight is 328 g/mol. The quantitative estimate of drug-likeness (QED) is 0.883. The minimum Gasteiger partial charge on any atom is -0.371 e. The maximum atomic E-state index is 13.0. The summed E-state index contributed by atoms with van der Waals surface area (Å²) in [6, 6.07) is 0. The predicted octanol–water partition coefficient (Wildman–Crippen LogP) is 2.25. The van der Waals surface area contributed by atoms with Crippen molar-refractivity contribution in [1.29, 1.82) is 0 Å². The van der Waals surface area contributed by atoms with Crippen LogP contribution in [-0.4, -0.2) is 42.2 Å². The van der Waals surface area contributed by atoms with Crippen LogP contribution >= 0.6 is 11.3 Å². The molecule has 0 aliphatic heterocycles. The monoisotopic (exact) mass is 328 g/mol. The van der Waals surface area contributed by atoms with Gasteiger partial charge in [-0.15, -0.1) is 11.3 Å². The summed E-state index contributed by atoms with van der Waals surface area (Å²) in [6.07, 6.45) is 5.24. The second-order valence-corrected chi connectivity index (χ2v) is 8.05. The van der Waals surface area contributed by atoms with E-state index >= 15 is 0 Å². The highest BCUT2D eigenvalue weighted by atomic mass is 32.2. The maximum absolute atomic E-state index is 13.0. The second-order valence-electron chi connectivity index (χ2n) is 5.32. The minimum atomic E-state index is -3.54. The van der Waals surface area contributed by atoms with Gasteiger partial charge in [0.2, 0.25) is 0 Å². The highest BCUT2D eigenvalue weighted by molar-refractivity contribution is 7.89. The first kappa shape index (κ1) is 14.8. The zero-order valence-corrected chi connectivity index (χ0v) is 13.9. The van der Waals surface area contributed by atoms with Gasteiger partial charge >= 0.3 is 0 Å². The topological polar surface area (TPSA) is 66.7 Å². The molecule has 1 saturated carbocycles. The molecule has 0 saturated heterocycles. The Morgan fingerprint density at radius 1 is 1.52 bits per heavy atom. The summed E-state index contributed by atoms with van der Waals surface area (Å²) >= 11 is 1.43. The number of fused-ring (bicyclic) bond motifs is 1. The van der Waals surface area contributed by atoms with Crippen molar-refractivity contribution in [2.75, 3.05) is 25.5 Å². The molecule has 116 valence electrons. The normalized spacial score (nSPS) is 16.5. The van der Waals surface area contributed by atoms with E-state index in [2.05, 4.69) is 10.3 Å². The molecule has 2 heterocycles. The Morgan fingerprint density at radius 2 is 2.29 bits per heavy atom. The molecule has 2 aromatic rings. The molecule has 0 unspecified atom stereocenters. The number of sulfonamides is 1. The van der Waals surface area contributed by atoms with Crippen LogP contribution in [0.3, 0.4) is 0 Å². The van der Waals surface area contributed by atoms with Gasteiger partial charge in [0.05, 0.1) is 0 Å². The molecule has 1 fully saturated rings. The Labute approximate surface area is 128 Å². The van der Waals surface area contributed by atoms with Gasteiger partial charge in [-0.05, 0) is 18.8 Å². The van der Waals surface area contributed by atoms with Crippen molar-refractivity contribution in [3.8, 4) is 0 Å². The fourth-order valence-electron chi connectivity index (χ4n) is 2.66. The van der Waals surface area contributed by atoms with E-state index in [1.807, 2.05) is 12.3 Å². The van der Waals surface area contributed by atoms with E-state index < -0.39 is 10.0 Å². The summed E-state index contributed by atoms with van der Waals surface area (Å²) < 4.78 is 29.3. The van der Waals surface area contributed by atoms with Gasteiger partial charge in [-0.1, -0.05) is 13.3 Å². The second kappa shape index (κ2) is 5.58. The van der Waals surface area contributed by atoms with E-state index in [4.69, 9.17) is 0 Å². The van der Waals surface area contributed by atoms with Crippen LogP contribution in [0.5, 0.6) is 0 Å². The van der Waals surface area contributed by atoms with Gasteiger partial charge in [-0.3, -0.25) is 4.40 Å². The van der Waals surface area contributed by atoms with Gasteiger partial charge in [0, 0.05) is 31.7 Å². The molecular weight excluding hydrogens is 308 g/mol. The van der Waals surface area contributed by atoms with Gasteiger partial charge in [-0.25, -0.2) is 13.4 Å². The Bertz CT molecular complexity index is 731. The number of anilines is 1. The largest absolute Gasteiger partial charge is 0.371 e. The standard InChI is InChI=1S/C13H20N4O2S2/c1-3-16(9-10-5-4-6-10)21(18,19)12-11(14-2)15-13-17(12)7-8-20-13/h7-8,10,14H,3-6,9H2,1-2H3. The van der Waals surface area contributed by atoms with Gasteiger partial charge in [0.25, 0.3) is 10.0 Å². The first-order valence-electron chi connectivity index (χ1n) is 7.21. The van der Waals surface area contributed by atoms with E-state index in [-0.39, 0.29) is 5.03 Å². The third-order valence-corrected chi connectivity index (χ3v) is 6.80. The number of hydrogen-bond donors (Lipinski definition) is 1. The molecule has 21 heavy (non-hydrogen) atoms. The molecular formula is C13H20N4O2S2. The summed E-state index contributed by atoms with van der Waals surface area (Å²) in [4.78, 5) is 5.04. The lowest BCUT2D eigenvalue weighted by molar-refractivity contribution is 0.249. The Morgan fingerprint density at radius 3 is 2.86 bits per heavy atom. The number of nitrogens with zero attached hydrogens (tertiary/aromatic N) is 3. The Balaban J connectivity index is 2.02. The Hall–Kier alpha value is -1.12. The van der Waals surface area contributed by atoms with Gasteiger partial charge in [0.15, 0.2) is 15.8 Å². The summed E-state index contributed by atoms with van der Waals surface area (Å²) in [5.74, 6) is 0.928. The van der Waals surface area contributed by atoms with Crippen molar-refractivity contribution in [3.63, 3.8) is 0 Å². The Kier molecular flexibility index (Phi) is 3.94. The van der Waals surface area contributed by atoms with E-state index in [1.54, 1.807) is 22.0 Å². The third kappa shape index (κ3) is 2.45. The first-order chi connectivity index (χ1) is 10.1. The highest BCUT2D eigenvalue weighted by Gasteiger charge is 2.33. The van der Waals surface area contributed by atoms with Crippen LogP contribution in [0.25, 0.3) is 4.96 Å². The molecule has 8 heteroatoms. The summed E-state index contributed by atoms with van der Waals surface area (Å²) in [5, 5.41) is 5.01. The molecule has 0 spiro atoms. The zero-order chi connectivity index (χ0) is 15.0. The number of thiazole rings is 1. The fourth-order valence-corrected chi connectivity index (χ4v) is 5.21. The SMILES string of the molecule is CCN(CC1CCC1)S(=O)(=O)c1c(NC)nc2sccn12. The van der Waals surface area contributed by atoms with Crippen LogP contribution in [0, 0.1) is 5.92 Å². The van der Waals surface area contributed by atoms with Crippen molar-refractivity contribution in [3.05, 3.63) is 11.6 Å². The van der Waals surface area contributed by atoms with Crippen LogP contribution in [0.1, 0.15) is 26.2 Å². The molecule has 0 bridgehead atoms. The summed E-state index contributed by atoms with van der Waals surface area (Å²) in [7, 11) is -1.84. The number of imidazole rings is 1. The van der Waals surface area contributed by atoms with E-state index in [1.165, 1.54) is 17.8 Å². The number of aromatic nitrogens is 2. The molecule has 0 atom stereocenters. The third-order valence-electron chi connectivity index (χ3n) is 4.08. The molecule has 2 aromatic heterocycles. The summed E-state index contributed by atoms with van der Waals surface area (Å²) in [6.45, 7) is 2.99. The van der Waals surface area contributed by atoms with Crippen LogP contribution < -0.4 is 5.32 Å². The highest BCUT2D eigenvalue weighted by Crippen LogP contribution is 2.32. The lowest BCUT2D eigenvalue weighted by Gasteiger charge is -2.31. The fraction of sp³-hybridized carbons (Fsp3) is 0.615. The molecule has 6 nitrogen and oxygen atoms in total. The van der Waals surface area contributed by atoms with Gasteiger partial charge in [0.1, 0.15) is 0 Å². The number of rotatable bonds is 6. The van der Waals surface area contributed by atoms with Crippen LogP contribution in [0.2, 0.25) is 0 Å². The molecule has 0 aromatic carbocycles. The zero-order valence-electron chi connectivity index (χ0n) is 12.2. The van der Waals surface area contributed by atoms with Crippen molar-refractivity contribution in [2.45, 2.75) is 31.2 Å². The van der Waals surface area contributed by atoms with Crippen molar-refractivity contribution in [2.24, 2.45) is 5.92 Å². The van der Waals surface area contributed by atoms with Gasteiger partial charge < -0.3 is 5.32 Å². The van der Waals surface area contributed by atoms with E-state index in [0.717, 1.165) is 12.8 Å². The average Bonchev–Trinajstić information content (AvgIpc) is 2.96. The predicted molar refractivity (Wildman–Crippen MR) is 84.4 cm³/mol. The van der Waals surface area contributed by atoms with Crippen molar-refractivity contribution >= 4 is 32.1 Å². The van der Waals surface area contributed by atoms with E-state index in [9.17, 15) is 8.42 Å². The van der Waals surface area contributed by atoms with Gasteiger partial charge in [-0.2, -0.15) is 4.31 Å². The molecule has 1 N–H and O–H groups in total. The van der Waals surface area contributed by atoms with Crippen molar-refractivity contribution in [1.82, 2.24) is 13.7 Å². The molecule has 1 aliphatic rings. The number of nitrogens with one attached hydrogen (secondary N) is 1. The van der Waals surface area contributed by atoms with Crippen LogP contribution in [0.4, 0.5) is 5.82 Å². The van der Waals surface area contributed by atoms with Crippen LogP contribution in [0.15, 0.2) is 16.6 Å². The van der Waals surface area contributed by atoms with Crippen LogP contribution in [-0.2, 0) is 10.0 Å². The molecule has 1 aliphatic carbocycles. The molecule has 0 amide bonds. The minimum absolute atomic E-state index is 0.252.